The van der Waals surface area contributed by atoms with E-state index in [-0.39, 0.29) is 5.75 Å². The first kappa shape index (κ1) is 15.6. The molecular formula is C19H22N3OS+. The molecule has 1 aromatic carbocycles. The Bertz CT molecular complexity index is 851. The molecule has 0 amide bonds. The molecule has 3 aromatic rings. The third-order valence-electron chi connectivity index (χ3n) is 5.07. The standard InChI is InChI=1S/C19H21N3OS/c1-2-22(10-8-20-9-11-22)19-18-15(7-12-24-18)13-17(21-19)14-3-5-16(23)6-4-14/h3-7,12-13,20H,2,8-11H2,1H3/p+1. The summed E-state index contributed by atoms with van der Waals surface area (Å²) in [6.45, 7) is 7.54. The fourth-order valence-corrected chi connectivity index (χ4v) is 4.52. The lowest BCUT2D eigenvalue weighted by Crippen LogP contribution is -2.60. The number of benzene rings is 1. The van der Waals surface area contributed by atoms with Gasteiger partial charge in [0.05, 0.1) is 25.3 Å². The number of aromatic hydroxyl groups is 1. The molecule has 1 saturated heterocycles. The molecule has 1 aliphatic rings. The predicted octanol–water partition coefficient (Wildman–Crippen LogP) is 3.60. The maximum Gasteiger partial charge on any atom is 0.246 e. The second-order valence-corrected chi connectivity index (χ2v) is 7.29. The van der Waals surface area contributed by atoms with E-state index in [1.807, 2.05) is 12.1 Å². The fourth-order valence-electron chi connectivity index (χ4n) is 3.56. The number of nitrogens with zero attached hydrogens (tertiary/aromatic N) is 2. The maximum absolute atomic E-state index is 9.55. The number of nitrogens with one attached hydrogen (secondary N) is 1. The van der Waals surface area contributed by atoms with Gasteiger partial charge in [-0.05, 0) is 48.7 Å². The number of piperazine rings is 1. The summed E-state index contributed by atoms with van der Waals surface area (Å²) in [5.74, 6) is 1.49. The first-order valence-corrected chi connectivity index (χ1v) is 9.35. The van der Waals surface area contributed by atoms with Crippen molar-refractivity contribution in [2.24, 2.45) is 0 Å². The lowest BCUT2D eigenvalue weighted by Gasteiger charge is -2.39. The Hall–Kier alpha value is -1.95. The van der Waals surface area contributed by atoms with Crippen molar-refractivity contribution < 1.29 is 5.11 Å². The number of quaternary nitrogens is 1. The Kier molecular flexibility index (Phi) is 4.00. The highest BCUT2D eigenvalue weighted by atomic mass is 32.1. The number of likely N-dealkylation sites (N-methyl/N-ethyl adjacent to an activating group) is 1. The number of fused-ring (bicyclic) bond motifs is 1. The molecule has 124 valence electrons. The van der Waals surface area contributed by atoms with Crippen LogP contribution < -0.4 is 9.80 Å². The number of hydrogen-bond acceptors (Lipinski definition) is 4. The van der Waals surface area contributed by atoms with Crippen LogP contribution in [0, 0.1) is 0 Å². The number of phenols is 1. The summed E-state index contributed by atoms with van der Waals surface area (Å²) >= 11 is 1.79. The van der Waals surface area contributed by atoms with Crippen LogP contribution in [0.3, 0.4) is 0 Å². The molecule has 4 rings (SSSR count). The molecule has 3 heterocycles. The van der Waals surface area contributed by atoms with Crippen LogP contribution in [0.15, 0.2) is 41.8 Å². The summed E-state index contributed by atoms with van der Waals surface area (Å²) in [6.07, 6.45) is 0. The van der Waals surface area contributed by atoms with Crippen molar-refractivity contribution in [3.05, 3.63) is 41.8 Å². The van der Waals surface area contributed by atoms with Gasteiger partial charge in [0.15, 0.2) is 0 Å². The van der Waals surface area contributed by atoms with Crippen molar-refractivity contribution in [2.75, 3.05) is 32.7 Å². The molecule has 0 spiro atoms. The summed E-state index contributed by atoms with van der Waals surface area (Å²) in [5, 5.41) is 16.4. The van der Waals surface area contributed by atoms with Gasteiger partial charge in [0.2, 0.25) is 5.82 Å². The van der Waals surface area contributed by atoms with Gasteiger partial charge in [0, 0.05) is 24.0 Å². The van der Waals surface area contributed by atoms with Crippen LogP contribution >= 0.6 is 11.3 Å². The van der Waals surface area contributed by atoms with Gasteiger partial charge in [-0.2, -0.15) is 4.98 Å². The van der Waals surface area contributed by atoms with E-state index in [4.69, 9.17) is 4.98 Å². The third-order valence-corrected chi connectivity index (χ3v) is 5.99. The highest BCUT2D eigenvalue weighted by Gasteiger charge is 2.34. The van der Waals surface area contributed by atoms with Gasteiger partial charge in [0.25, 0.3) is 0 Å². The summed E-state index contributed by atoms with van der Waals surface area (Å²) in [5.41, 5.74) is 2.03. The van der Waals surface area contributed by atoms with Gasteiger partial charge >= 0.3 is 0 Å². The van der Waals surface area contributed by atoms with Crippen LogP contribution in [0.25, 0.3) is 21.3 Å². The SMILES string of the molecule is CC[N+]1(c2nc(-c3ccc(O)cc3)cc3ccsc23)CCNCC1. The topological polar surface area (TPSA) is 45.2 Å². The number of phenolic OH excluding ortho intramolecular Hbond substituents is 1. The van der Waals surface area contributed by atoms with Gasteiger partial charge in [-0.3, -0.25) is 4.48 Å². The van der Waals surface area contributed by atoms with E-state index in [9.17, 15) is 5.11 Å². The number of rotatable bonds is 3. The molecule has 0 aliphatic carbocycles. The Morgan fingerprint density at radius 3 is 2.62 bits per heavy atom. The second-order valence-electron chi connectivity index (χ2n) is 6.38. The van der Waals surface area contributed by atoms with Crippen LogP contribution in [-0.2, 0) is 0 Å². The quantitative estimate of drug-likeness (QED) is 0.716. The molecular weight excluding hydrogens is 318 g/mol. The predicted molar refractivity (Wildman–Crippen MR) is 102 cm³/mol. The lowest BCUT2D eigenvalue weighted by molar-refractivity contribution is 0.248. The minimum atomic E-state index is 0.287. The Labute approximate surface area is 146 Å². The highest BCUT2D eigenvalue weighted by Crippen LogP contribution is 2.37. The van der Waals surface area contributed by atoms with Crippen molar-refractivity contribution in [1.29, 1.82) is 0 Å². The summed E-state index contributed by atoms with van der Waals surface area (Å²) in [7, 11) is 0. The smallest absolute Gasteiger partial charge is 0.246 e. The van der Waals surface area contributed by atoms with Crippen LogP contribution in [0.5, 0.6) is 5.75 Å². The first-order chi connectivity index (χ1) is 11.7. The largest absolute Gasteiger partial charge is 0.508 e. The normalized spacial score (nSPS) is 17.2. The van der Waals surface area contributed by atoms with Gasteiger partial charge < -0.3 is 10.4 Å². The van der Waals surface area contributed by atoms with E-state index < -0.39 is 0 Å². The maximum atomic E-state index is 9.55. The fraction of sp³-hybridized carbons (Fsp3) is 0.316. The zero-order chi connectivity index (χ0) is 16.6. The zero-order valence-electron chi connectivity index (χ0n) is 13.8. The molecule has 24 heavy (non-hydrogen) atoms. The highest BCUT2D eigenvalue weighted by molar-refractivity contribution is 7.17. The van der Waals surface area contributed by atoms with Crippen molar-refractivity contribution >= 4 is 27.2 Å². The molecule has 1 fully saturated rings. The summed E-state index contributed by atoms with van der Waals surface area (Å²) in [6, 6.07) is 11.7. The van der Waals surface area contributed by atoms with E-state index >= 15 is 0 Å². The van der Waals surface area contributed by atoms with Gasteiger partial charge in [-0.25, -0.2) is 0 Å². The second kappa shape index (κ2) is 6.16. The van der Waals surface area contributed by atoms with Crippen molar-refractivity contribution in [2.45, 2.75) is 6.92 Å². The Balaban J connectivity index is 1.90. The number of hydrogen-bond donors (Lipinski definition) is 2. The molecule has 0 bridgehead atoms. The summed E-state index contributed by atoms with van der Waals surface area (Å²) < 4.78 is 2.25. The average Bonchev–Trinajstić information content (AvgIpc) is 3.10. The minimum Gasteiger partial charge on any atom is -0.508 e. The number of pyridine rings is 1. The molecule has 2 aromatic heterocycles. The van der Waals surface area contributed by atoms with E-state index in [1.54, 1.807) is 23.5 Å². The van der Waals surface area contributed by atoms with Crippen molar-refractivity contribution in [3.63, 3.8) is 0 Å². The average molecular weight is 340 g/mol. The molecule has 0 atom stereocenters. The zero-order valence-corrected chi connectivity index (χ0v) is 14.6. The lowest BCUT2D eigenvalue weighted by atomic mass is 10.1. The first-order valence-electron chi connectivity index (χ1n) is 8.47. The molecule has 2 N–H and O–H groups in total. The Morgan fingerprint density at radius 1 is 1.17 bits per heavy atom. The van der Waals surface area contributed by atoms with Crippen molar-refractivity contribution in [3.8, 4) is 17.0 Å². The van der Waals surface area contributed by atoms with Crippen molar-refractivity contribution in [1.82, 2.24) is 14.8 Å². The molecule has 0 saturated carbocycles. The molecule has 5 heteroatoms. The van der Waals surface area contributed by atoms with E-state index in [2.05, 4.69) is 29.8 Å². The van der Waals surface area contributed by atoms with Crippen LogP contribution in [-0.4, -0.2) is 42.8 Å². The third kappa shape index (κ3) is 2.59. The van der Waals surface area contributed by atoms with Gasteiger partial charge in [-0.15, -0.1) is 11.3 Å². The molecule has 4 nitrogen and oxygen atoms in total. The molecule has 1 aliphatic heterocycles. The van der Waals surface area contributed by atoms with Crippen LogP contribution in [0.2, 0.25) is 0 Å². The van der Waals surface area contributed by atoms with E-state index in [1.165, 1.54) is 15.9 Å². The molecule has 0 unspecified atom stereocenters. The van der Waals surface area contributed by atoms with Gasteiger partial charge in [0.1, 0.15) is 10.4 Å². The van der Waals surface area contributed by atoms with E-state index in [0.29, 0.717) is 0 Å². The molecule has 0 radical (unpaired) electrons. The summed E-state index contributed by atoms with van der Waals surface area (Å²) in [4.78, 5) is 5.11. The van der Waals surface area contributed by atoms with Gasteiger partial charge in [-0.1, -0.05) is 0 Å². The minimum absolute atomic E-state index is 0.287. The van der Waals surface area contributed by atoms with Crippen LogP contribution in [0.4, 0.5) is 5.82 Å². The Morgan fingerprint density at radius 2 is 1.92 bits per heavy atom. The number of thiophene rings is 1. The monoisotopic (exact) mass is 340 g/mol. The number of aromatic nitrogens is 1. The van der Waals surface area contributed by atoms with Crippen LogP contribution in [0.1, 0.15) is 6.92 Å². The van der Waals surface area contributed by atoms with E-state index in [0.717, 1.165) is 48.5 Å².